The molecule has 1 fully saturated rings. The van der Waals surface area contributed by atoms with Crippen LogP contribution in [0.4, 0.5) is 0 Å². The van der Waals surface area contributed by atoms with Gasteiger partial charge in [-0.15, -0.1) is 11.3 Å². The van der Waals surface area contributed by atoms with Gasteiger partial charge in [0.15, 0.2) is 0 Å². The van der Waals surface area contributed by atoms with Crippen LogP contribution in [-0.2, 0) is 4.74 Å². The minimum Gasteiger partial charge on any atom is -0.381 e. The fraction of sp³-hybridized carbons (Fsp3) is 0.375. The second kappa shape index (κ2) is 6.37. The van der Waals surface area contributed by atoms with Crippen LogP contribution in [0.2, 0.25) is 0 Å². The van der Waals surface area contributed by atoms with E-state index >= 15 is 0 Å². The fourth-order valence-corrected chi connectivity index (χ4v) is 3.34. The molecule has 0 aliphatic carbocycles. The number of hydrogen-bond acceptors (Lipinski definition) is 4. The van der Waals surface area contributed by atoms with E-state index in [2.05, 4.69) is 4.98 Å². The van der Waals surface area contributed by atoms with Crippen molar-refractivity contribution < 1.29 is 9.53 Å². The number of carbonyl (C=O) groups excluding carboxylic acids is 1. The topological polar surface area (TPSA) is 42.4 Å². The SMILES string of the molecule is COC1CCN(C(=O)c2csc(-c3ccccc3)n2)CC1. The fourth-order valence-electron chi connectivity index (χ4n) is 2.54. The molecule has 1 aromatic carbocycles. The van der Waals surface area contributed by atoms with Crippen molar-refractivity contribution >= 4 is 17.2 Å². The highest BCUT2D eigenvalue weighted by Crippen LogP contribution is 2.24. The van der Waals surface area contributed by atoms with E-state index in [1.54, 1.807) is 7.11 Å². The Labute approximate surface area is 128 Å². The van der Waals surface area contributed by atoms with Crippen LogP contribution in [0.15, 0.2) is 35.7 Å². The van der Waals surface area contributed by atoms with Crippen molar-refractivity contribution in [3.05, 3.63) is 41.4 Å². The molecule has 110 valence electrons. The Balaban J connectivity index is 1.70. The molecule has 4 nitrogen and oxygen atoms in total. The first kappa shape index (κ1) is 14.2. The first-order valence-corrected chi connectivity index (χ1v) is 7.99. The second-order valence-corrected chi connectivity index (χ2v) is 5.99. The van der Waals surface area contributed by atoms with E-state index in [1.165, 1.54) is 11.3 Å². The van der Waals surface area contributed by atoms with Crippen molar-refractivity contribution in [1.82, 2.24) is 9.88 Å². The van der Waals surface area contributed by atoms with Gasteiger partial charge in [0.25, 0.3) is 5.91 Å². The molecule has 0 atom stereocenters. The standard InChI is InChI=1S/C16H18N2O2S/c1-20-13-7-9-18(10-8-13)16(19)14-11-21-15(17-14)12-5-3-2-4-6-12/h2-6,11,13H,7-10H2,1H3. The maximum absolute atomic E-state index is 12.5. The molecule has 0 saturated carbocycles. The Morgan fingerprint density at radius 2 is 2.00 bits per heavy atom. The number of ether oxygens (including phenoxy) is 1. The van der Waals surface area contributed by atoms with Gasteiger partial charge in [-0.3, -0.25) is 4.79 Å². The molecule has 1 saturated heterocycles. The molecule has 0 N–H and O–H groups in total. The first-order chi connectivity index (χ1) is 10.3. The van der Waals surface area contributed by atoms with Crippen LogP contribution in [0.1, 0.15) is 23.3 Å². The average molecular weight is 302 g/mol. The number of methoxy groups -OCH3 is 1. The van der Waals surface area contributed by atoms with Gasteiger partial charge >= 0.3 is 0 Å². The lowest BCUT2D eigenvalue weighted by molar-refractivity contribution is 0.0348. The molecule has 1 aliphatic heterocycles. The van der Waals surface area contributed by atoms with Crippen molar-refractivity contribution in [3.8, 4) is 10.6 Å². The van der Waals surface area contributed by atoms with Gasteiger partial charge in [-0.2, -0.15) is 0 Å². The van der Waals surface area contributed by atoms with Gasteiger partial charge in [0.05, 0.1) is 6.10 Å². The highest BCUT2D eigenvalue weighted by Gasteiger charge is 2.24. The number of thiazole rings is 1. The van der Waals surface area contributed by atoms with Crippen LogP contribution >= 0.6 is 11.3 Å². The lowest BCUT2D eigenvalue weighted by Gasteiger charge is -2.30. The van der Waals surface area contributed by atoms with Gasteiger partial charge in [0.2, 0.25) is 0 Å². The van der Waals surface area contributed by atoms with E-state index in [0.717, 1.165) is 36.5 Å². The number of rotatable bonds is 3. The van der Waals surface area contributed by atoms with Gasteiger partial charge in [-0.1, -0.05) is 30.3 Å². The Bertz CT molecular complexity index is 604. The highest BCUT2D eigenvalue weighted by molar-refractivity contribution is 7.13. The molecule has 0 radical (unpaired) electrons. The molecule has 1 aliphatic rings. The Morgan fingerprint density at radius 1 is 1.29 bits per heavy atom. The highest BCUT2D eigenvalue weighted by atomic mass is 32.1. The number of benzene rings is 1. The Morgan fingerprint density at radius 3 is 2.67 bits per heavy atom. The number of piperidine rings is 1. The third-order valence-electron chi connectivity index (χ3n) is 3.81. The summed E-state index contributed by atoms with van der Waals surface area (Å²) < 4.78 is 5.34. The number of nitrogens with zero attached hydrogens (tertiary/aromatic N) is 2. The predicted octanol–water partition coefficient (Wildman–Crippen LogP) is 3.06. The summed E-state index contributed by atoms with van der Waals surface area (Å²) in [6.07, 6.45) is 2.08. The van der Waals surface area contributed by atoms with Crippen molar-refractivity contribution in [1.29, 1.82) is 0 Å². The van der Waals surface area contributed by atoms with Gasteiger partial charge in [-0.05, 0) is 12.8 Å². The normalized spacial score (nSPS) is 16.1. The largest absolute Gasteiger partial charge is 0.381 e. The number of aromatic nitrogens is 1. The van der Waals surface area contributed by atoms with Crippen LogP contribution < -0.4 is 0 Å². The van der Waals surface area contributed by atoms with Gasteiger partial charge in [-0.25, -0.2) is 4.98 Å². The smallest absolute Gasteiger partial charge is 0.273 e. The molecule has 3 rings (SSSR count). The molecular formula is C16H18N2O2S. The molecular weight excluding hydrogens is 284 g/mol. The van der Waals surface area contributed by atoms with Crippen molar-refractivity contribution in [2.45, 2.75) is 18.9 Å². The number of carbonyl (C=O) groups is 1. The Kier molecular flexibility index (Phi) is 4.31. The number of likely N-dealkylation sites (tertiary alicyclic amines) is 1. The Hall–Kier alpha value is -1.72. The summed E-state index contributed by atoms with van der Waals surface area (Å²) in [6.45, 7) is 1.49. The van der Waals surface area contributed by atoms with Crippen LogP contribution in [0, 0.1) is 0 Å². The summed E-state index contributed by atoms with van der Waals surface area (Å²) in [5.41, 5.74) is 1.61. The average Bonchev–Trinajstić information content (AvgIpc) is 3.05. The summed E-state index contributed by atoms with van der Waals surface area (Å²) in [6, 6.07) is 9.96. The second-order valence-electron chi connectivity index (χ2n) is 5.13. The zero-order valence-corrected chi connectivity index (χ0v) is 12.8. The van der Waals surface area contributed by atoms with Crippen LogP contribution in [0.25, 0.3) is 10.6 Å². The number of hydrogen-bond donors (Lipinski definition) is 0. The molecule has 2 aromatic rings. The molecule has 0 bridgehead atoms. The molecule has 2 heterocycles. The van der Waals surface area contributed by atoms with Gasteiger partial charge in [0, 0.05) is 31.1 Å². The van der Waals surface area contributed by atoms with E-state index in [-0.39, 0.29) is 12.0 Å². The molecule has 0 unspecified atom stereocenters. The van der Waals surface area contributed by atoms with Crippen molar-refractivity contribution in [2.24, 2.45) is 0 Å². The molecule has 1 aromatic heterocycles. The van der Waals surface area contributed by atoms with Crippen LogP contribution in [-0.4, -0.2) is 42.1 Å². The quantitative estimate of drug-likeness (QED) is 0.875. The zero-order valence-electron chi connectivity index (χ0n) is 12.0. The lowest BCUT2D eigenvalue weighted by Crippen LogP contribution is -2.40. The summed E-state index contributed by atoms with van der Waals surface area (Å²) in [7, 11) is 1.73. The van der Waals surface area contributed by atoms with E-state index < -0.39 is 0 Å². The predicted molar refractivity (Wildman–Crippen MR) is 83.5 cm³/mol. The van der Waals surface area contributed by atoms with Gasteiger partial charge < -0.3 is 9.64 Å². The summed E-state index contributed by atoms with van der Waals surface area (Å²) in [4.78, 5) is 18.8. The molecule has 21 heavy (non-hydrogen) atoms. The van der Waals surface area contributed by atoms with Crippen molar-refractivity contribution in [3.63, 3.8) is 0 Å². The summed E-state index contributed by atoms with van der Waals surface area (Å²) in [5, 5.41) is 2.75. The van der Waals surface area contributed by atoms with Crippen LogP contribution in [0.5, 0.6) is 0 Å². The van der Waals surface area contributed by atoms with Crippen LogP contribution in [0.3, 0.4) is 0 Å². The summed E-state index contributed by atoms with van der Waals surface area (Å²) >= 11 is 1.52. The monoisotopic (exact) mass is 302 g/mol. The minimum atomic E-state index is 0.0305. The van der Waals surface area contributed by atoms with E-state index in [9.17, 15) is 4.79 Å². The van der Waals surface area contributed by atoms with E-state index in [4.69, 9.17) is 4.74 Å². The van der Waals surface area contributed by atoms with Crippen molar-refractivity contribution in [2.75, 3.05) is 20.2 Å². The maximum Gasteiger partial charge on any atom is 0.273 e. The lowest BCUT2D eigenvalue weighted by atomic mass is 10.1. The summed E-state index contributed by atoms with van der Waals surface area (Å²) in [5.74, 6) is 0.0305. The first-order valence-electron chi connectivity index (χ1n) is 7.11. The zero-order chi connectivity index (χ0) is 14.7. The minimum absolute atomic E-state index is 0.0305. The number of amides is 1. The van der Waals surface area contributed by atoms with E-state index in [0.29, 0.717) is 5.69 Å². The third-order valence-corrected chi connectivity index (χ3v) is 4.70. The molecule has 1 amide bonds. The molecule has 0 spiro atoms. The molecule has 5 heteroatoms. The third kappa shape index (κ3) is 3.14. The maximum atomic E-state index is 12.5. The van der Waals surface area contributed by atoms with Gasteiger partial charge in [0.1, 0.15) is 10.7 Å². The van der Waals surface area contributed by atoms with E-state index in [1.807, 2.05) is 40.6 Å².